The summed E-state index contributed by atoms with van der Waals surface area (Å²) in [6, 6.07) is 3.62. The number of amides is 2. The van der Waals surface area contributed by atoms with Gasteiger partial charge in [0, 0.05) is 23.9 Å². The van der Waals surface area contributed by atoms with Crippen LogP contribution in [0.2, 0.25) is 5.02 Å². The summed E-state index contributed by atoms with van der Waals surface area (Å²) < 4.78 is 43.4. The van der Waals surface area contributed by atoms with E-state index in [1.165, 1.54) is 18.3 Å². The van der Waals surface area contributed by atoms with Crippen LogP contribution in [0.5, 0.6) is 5.88 Å². The Labute approximate surface area is 176 Å². The topological polar surface area (TPSA) is 93.2 Å². The number of carbonyl (C=O) groups is 2. The Morgan fingerprint density at radius 3 is 2.50 bits per heavy atom. The third kappa shape index (κ3) is 6.58. The van der Waals surface area contributed by atoms with E-state index in [0.717, 1.165) is 6.07 Å². The highest BCUT2D eigenvalue weighted by Crippen LogP contribution is 2.33. The van der Waals surface area contributed by atoms with Crippen molar-refractivity contribution in [1.29, 1.82) is 0 Å². The van der Waals surface area contributed by atoms with Gasteiger partial charge in [-0.15, -0.1) is 0 Å². The van der Waals surface area contributed by atoms with Crippen molar-refractivity contribution in [1.82, 2.24) is 15.3 Å². The van der Waals surface area contributed by atoms with E-state index in [9.17, 15) is 22.8 Å². The summed E-state index contributed by atoms with van der Waals surface area (Å²) in [4.78, 5) is 31.6. The molecule has 162 valence electrons. The van der Waals surface area contributed by atoms with Crippen LogP contribution in [-0.4, -0.2) is 34.4 Å². The lowest BCUT2D eigenvalue weighted by molar-refractivity contribution is -0.137. The van der Waals surface area contributed by atoms with Gasteiger partial charge < -0.3 is 15.4 Å². The molecule has 0 spiro atoms. The Morgan fingerprint density at radius 1 is 1.20 bits per heavy atom. The fourth-order valence-electron chi connectivity index (χ4n) is 2.15. The van der Waals surface area contributed by atoms with Crippen molar-refractivity contribution >= 4 is 29.2 Å². The first-order valence-electron chi connectivity index (χ1n) is 8.92. The molecule has 2 rings (SSSR count). The maximum absolute atomic E-state index is 12.7. The molecule has 2 amide bonds. The van der Waals surface area contributed by atoms with Gasteiger partial charge in [-0.1, -0.05) is 25.4 Å². The third-order valence-electron chi connectivity index (χ3n) is 3.80. The molecule has 2 N–H and O–H groups in total. The van der Waals surface area contributed by atoms with Gasteiger partial charge in [0.25, 0.3) is 5.91 Å². The summed E-state index contributed by atoms with van der Waals surface area (Å²) in [7, 11) is 0. The van der Waals surface area contributed by atoms with Gasteiger partial charge in [0.2, 0.25) is 11.8 Å². The van der Waals surface area contributed by atoms with Crippen molar-refractivity contribution in [3.8, 4) is 5.88 Å². The van der Waals surface area contributed by atoms with E-state index in [1.807, 2.05) is 0 Å². The molecule has 30 heavy (non-hydrogen) atoms. The molecule has 0 radical (unpaired) electrons. The molecule has 0 saturated carbocycles. The third-order valence-corrected chi connectivity index (χ3v) is 4.07. The van der Waals surface area contributed by atoms with Crippen molar-refractivity contribution in [3.05, 3.63) is 46.7 Å². The number of carbonyl (C=O) groups excluding carboxylic acids is 2. The fraction of sp³-hybridized carbons (Fsp3) is 0.368. The van der Waals surface area contributed by atoms with Crippen LogP contribution in [0.3, 0.4) is 0 Å². The minimum absolute atomic E-state index is 0.0356. The zero-order chi connectivity index (χ0) is 22.5. The zero-order valence-corrected chi connectivity index (χ0v) is 17.1. The maximum Gasteiger partial charge on any atom is 0.417 e. The van der Waals surface area contributed by atoms with E-state index < -0.39 is 23.8 Å². The maximum atomic E-state index is 12.7. The number of halogens is 4. The molecule has 0 aromatic carbocycles. The second-order valence-corrected chi connectivity index (χ2v) is 7.13. The van der Waals surface area contributed by atoms with Crippen LogP contribution in [0.4, 0.5) is 19.0 Å². The lowest BCUT2D eigenvalue weighted by Crippen LogP contribution is -2.33. The number of ether oxygens (including phenoxy) is 1. The van der Waals surface area contributed by atoms with Gasteiger partial charge >= 0.3 is 6.18 Å². The van der Waals surface area contributed by atoms with Crippen molar-refractivity contribution in [2.45, 2.75) is 33.1 Å². The van der Waals surface area contributed by atoms with Gasteiger partial charge in [-0.3, -0.25) is 9.59 Å². The summed E-state index contributed by atoms with van der Waals surface area (Å²) in [5.74, 6) is -0.851. The molecule has 7 nitrogen and oxygen atoms in total. The number of nitrogens with one attached hydrogen (secondary N) is 2. The Bertz CT molecular complexity index is 922. The fourth-order valence-corrected chi connectivity index (χ4v) is 2.36. The van der Waals surface area contributed by atoms with Gasteiger partial charge in [0.05, 0.1) is 12.1 Å². The van der Waals surface area contributed by atoms with Crippen molar-refractivity contribution in [2.75, 3.05) is 11.9 Å². The molecule has 2 heterocycles. The van der Waals surface area contributed by atoms with Crippen LogP contribution in [0.25, 0.3) is 0 Å². The molecule has 2 aromatic rings. The van der Waals surface area contributed by atoms with Gasteiger partial charge in [0.15, 0.2) is 0 Å². The van der Waals surface area contributed by atoms with E-state index in [1.54, 1.807) is 20.8 Å². The predicted octanol–water partition coefficient (Wildman–Crippen LogP) is 3.94. The molecule has 0 aliphatic carbocycles. The monoisotopic (exact) mass is 444 g/mol. The second-order valence-electron chi connectivity index (χ2n) is 6.72. The van der Waals surface area contributed by atoms with Crippen LogP contribution in [0.15, 0.2) is 30.6 Å². The number of rotatable bonds is 7. The average molecular weight is 445 g/mol. The quantitative estimate of drug-likeness (QED) is 0.674. The molecule has 1 atom stereocenters. The van der Waals surface area contributed by atoms with Crippen molar-refractivity contribution in [2.24, 2.45) is 5.92 Å². The highest BCUT2D eigenvalue weighted by atomic mass is 35.5. The Kier molecular flexibility index (Phi) is 7.60. The highest BCUT2D eigenvalue weighted by Gasteiger charge is 2.32. The first kappa shape index (κ1) is 23.4. The SMILES string of the molecule is CC(C)C(=O)Nc1cc(C(=O)NC[C@@H](C)Oc2ncc(C(F)(F)F)cc2Cl)ccn1. The van der Waals surface area contributed by atoms with Crippen LogP contribution in [0, 0.1) is 5.92 Å². The largest absolute Gasteiger partial charge is 0.472 e. The molecule has 11 heteroatoms. The van der Waals surface area contributed by atoms with Crippen LogP contribution < -0.4 is 15.4 Å². The van der Waals surface area contributed by atoms with E-state index in [2.05, 4.69) is 20.6 Å². The minimum Gasteiger partial charge on any atom is -0.472 e. The molecule has 0 unspecified atom stereocenters. The number of hydrogen-bond acceptors (Lipinski definition) is 5. The first-order valence-corrected chi connectivity index (χ1v) is 9.29. The lowest BCUT2D eigenvalue weighted by Gasteiger charge is -2.16. The summed E-state index contributed by atoms with van der Waals surface area (Å²) >= 11 is 5.80. The second kappa shape index (κ2) is 9.75. The normalized spacial score (nSPS) is 12.4. The van der Waals surface area contributed by atoms with E-state index >= 15 is 0 Å². The molecular formula is C19H20ClF3N4O3. The van der Waals surface area contributed by atoms with Gasteiger partial charge in [-0.2, -0.15) is 13.2 Å². The first-order chi connectivity index (χ1) is 14.0. The van der Waals surface area contributed by atoms with Gasteiger partial charge in [-0.25, -0.2) is 9.97 Å². The lowest BCUT2D eigenvalue weighted by atomic mass is 10.2. The Balaban J connectivity index is 1.94. The zero-order valence-electron chi connectivity index (χ0n) is 16.4. The molecule has 0 fully saturated rings. The summed E-state index contributed by atoms with van der Waals surface area (Å²) in [5, 5.41) is 4.93. The molecule has 0 aliphatic heterocycles. The summed E-state index contributed by atoms with van der Waals surface area (Å²) in [6.45, 7) is 5.08. The number of anilines is 1. The number of pyridine rings is 2. The summed E-state index contributed by atoms with van der Waals surface area (Å²) in [6.07, 6.45) is -3.18. The smallest absolute Gasteiger partial charge is 0.417 e. The van der Waals surface area contributed by atoms with Crippen LogP contribution >= 0.6 is 11.6 Å². The number of hydrogen-bond donors (Lipinski definition) is 2. The van der Waals surface area contributed by atoms with E-state index in [4.69, 9.17) is 16.3 Å². The number of aromatic nitrogens is 2. The minimum atomic E-state index is -4.56. The van der Waals surface area contributed by atoms with Crippen LogP contribution in [-0.2, 0) is 11.0 Å². The van der Waals surface area contributed by atoms with Crippen molar-refractivity contribution in [3.63, 3.8) is 0 Å². The predicted molar refractivity (Wildman–Crippen MR) is 104 cm³/mol. The highest BCUT2D eigenvalue weighted by molar-refractivity contribution is 6.31. The molecule has 0 aliphatic rings. The average Bonchev–Trinajstić information content (AvgIpc) is 2.67. The Morgan fingerprint density at radius 2 is 1.90 bits per heavy atom. The van der Waals surface area contributed by atoms with Gasteiger partial charge in [-0.05, 0) is 25.1 Å². The Hall–Kier alpha value is -2.88. The van der Waals surface area contributed by atoms with Gasteiger partial charge in [0.1, 0.15) is 16.9 Å². The number of alkyl halides is 3. The van der Waals surface area contributed by atoms with Crippen molar-refractivity contribution < 1.29 is 27.5 Å². The van der Waals surface area contributed by atoms with Crippen LogP contribution in [0.1, 0.15) is 36.7 Å². The molecular weight excluding hydrogens is 425 g/mol. The standard InChI is InChI=1S/C19H20ClF3N4O3/c1-10(2)16(28)27-15-6-12(4-5-24-15)17(29)25-8-11(3)30-18-14(20)7-13(9-26-18)19(21,22)23/h4-7,9-11H,8H2,1-3H3,(H,25,29)(H,24,27,28)/t11-/m1/s1. The molecule has 0 bridgehead atoms. The summed E-state index contributed by atoms with van der Waals surface area (Å²) in [5.41, 5.74) is -0.721. The van der Waals surface area contributed by atoms with E-state index in [-0.39, 0.29) is 40.7 Å². The number of nitrogens with zero attached hydrogens (tertiary/aromatic N) is 2. The van der Waals surface area contributed by atoms with E-state index in [0.29, 0.717) is 6.20 Å². The molecule has 2 aromatic heterocycles. The molecule has 0 saturated heterocycles.